The van der Waals surface area contributed by atoms with Crippen LogP contribution < -0.4 is 5.73 Å². The highest BCUT2D eigenvalue weighted by atomic mass is 79.9. The van der Waals surface area contributed by atoms with E-state index in [2.05, 4.69) is 25.5 Å². The van der Waals surface area contributed by atoms with E-state index in [4.69, 9.17) is 10.2 Å². The first-order valence-corrected chi connectivity index (χ1v) is 5.17. The van der Waals surface area contributed by atoms with E-state index in [0.717, 1.165) is 10.2 Å². The van der Waals surface area contributed by atoms with Crippen LogP contribution in [0.4, 0.5) is 0 Å². The first-order chi connectivity index (χ1) is 6.29. The van der Waals surface area contributed by atoms with Crippen molar-refractivity contribution in [3.8, 4) is 0 Å². The van der Waals surface area contributed by atoms with Gasteiger partial charge in [0.15, 0.2) is 0 Å². The smallest absolute Gasteiger partial charge is 0.140 e. The normalized spacial score (nSPS) is 13.1. The van der Waals surface area contributed by atoms with Gasteiger partial charge in [-0.25, -0.2) is 0 Å². The molecular weight excluding hydrogens is 254 g/mol. The lowest BCUT2D eigenvalue weighted by Gasteiger charge is -2.04. The Balaban J connectivity index is 2.33. The van der Waals surface area contributed by atoms with Gasteiger partial charge in [0.2, 0.25) is 0 Å². The maximum Gasteiger partial charge on any atom is 0.140 e. The van der Waals surface area contributed by atoms with Gasteiger partial charge in [-0.1, -0.05) is 4.49 Å². The van der Waals surface area contributed by atoms with E-state index in [0.29, 0.717) is 5.76 Å². The summed E-state index contributed by atoms with van der Waals surface area (Å²) in [4.78, 5) is 0. The Morgan fingerprint density at radius 1 is 1.62 bits per heavy atom. The monoisotopic (exact) mass is 259 g/mol. The van der Waals surface area contributed by atoms with Gasteiger partial charge in [-0.3, -0.25) is 0 Å². The summed E-state index contributed by atoms with van der Waals surface area (Å²) in [6, 6.07) is 1.46. The van der Waals surface area contributed by atoms with Crippen LogP contribution in [0.25, 0.3) is 0 Å². The topological polar surface area (TPSA) is 64.9 Å². The van der Waals surface area contributed by atoms with Gasteiger partial charge in [-0.15, -0.1) is 5.10 Å². The Morgan fingerprint density at radius 2 is 2.46 bits per heavy atom. The maximum absolute atomic E-state index is 5.89. The summed E-state index contributed by atoms with van der Waals surface area (Å²) >= 11 is 4.61. The zero-order chi connectivity index (χ0) is 9.26. The highest BCUT2D eigenvalue weighted by Gasteiger charge is 2.17. The van der Waals surface area contributed by atoms with Gasteiger partial charge in [0.25, 0.3) is 0 Å². The molecule has 2 N–H and O–H groups in total. The lowest BCUT2D eigenvalue weighted by molar-refractivity contribution is 0.484. The second-order valence-electron chi connectivity index (χ2n) is 2.44. The molecule has 0 aliphatic carbocycles. The zero-order valence-corrected chi connectivity index (χ0v) is 8.88. The van der Waals surface area contributed by atoms with Crippen LogP contribution in [-0.2, 0) is 0 Å². The third-order valence-corrected chi connectivity index (χ3v) is 2.80. The Bertz CT molecular complexity index is 386. The standard InChI is InChI=1S/C7H6BrN3OS/c8-4-1-2-12-7(4)6(9)5-3-13-11-10-5/h1-3,6H,9H2. The van der Waals surface area contributed by atoms with Crippen LogP contribution in [0.3, 0.4) is 0 Å². The number of halogens is 1. The van der Waals surface area contributed by atoms with Gasteiger partial charge in [0.1, 0.15) is 17.5 Å². The maximum atomic E-state index is 5.89. The fourth-order valence-corrected chi connectivity index (χ4v) is 1.91. The van der Waals surface area contributed by atoms with Crippen LogP contribution >= 0.6 is 27.5 Å². The Morgan fingerprint density at radius 3 is 3.00 bits per heavy atom. The lowest BCUT2D eigenvalue weighted by Crippen LogP contribution is -2.11. The van der Waals surface area contributed by atoms with E-state index in [1.165, 1.54) is 11.5 Å². The molecule has 0 amide bonds. The van der Waals surface area contributed by atoms with Crippen LogP contribution in [0.2, 0.25) is 0 Å². The molecule has 2 rings (SSSR count). The molecule has 0 saturated carbocycles. The minimum atomic E-state index is -0.344. The van der Waals surface area contributed by atoms with Crippen molar-refractivity contribution in [2.45, 2.75) is 6.04 Å². The molecule has 0 aliphatic heterocycles. The number of aromatic nitrogens is 2. The molecule has 2 aromatic rings. The molecule has 1 unspecified atom stereocenters. The summed E-state index contributed by atoms with van der Waals surface area (Å²) in [5, 5.41) is 5.68. The van der Waals surface area contributed by atoms with Crippen molar-refractivity contribution in [1.82, 2.24) is 9.59 Å². The fraction of sp³-hybridized carbons (Fsp3) is 0.143. The molecule has 2 aromatic heterocycles. The molecule has 1 atom stereocenters. The van der Waals surface area contributed by atoms with Crippen molar-refractivity contribution >= 4 is 27.5 Å². The Labute approximate surface area is 87.0 Å². The largest absolute Gasteiger partial charge is 0.466 e. The van der Waals surface area contributed by atoms with E-state index in [-0.39, 0.29) is 6.04 Å². The predicted octanol–water partition coefficient (Wildman–Crippen LogP) is 1.94. The first kappa shape index (κ1) is 8.86. The van der Waals surface area contributed by atoms with Crippen molar-refractivity contribution in [2.24, 2.45) is 5.73 Å². The average Bonchev–Trinajstić information content (AvgIpc) is 2.72. The molecule has 4 nitrogen and oxygen atoms in total. The van der Waals surface area contributed by atoms with Crippen molar-refractivity contribution in [3.63, 3.8) is 0 Å². The van der Waals surface area contributed by atoms with Crippen LogP contribution in [-0.4, -0.2) is 9.59 Å². The summed E-state index contributed by atoms with van der Waals surface area (Å²) in [6.45, 7) is 0. The van der Waals surface area contributed by atoms with E-state index >= 15 is 0 Å². The number of hydrogen-bond donors (Lipinski definition) is 1. The number of hydrogen-bond acceptors (Lipinski definition) is 5. The van der Waals surface area contributed by atoms with Gasteiger partial charge >= 0.3 is 0 Å². The van der Waals surface area contributed by atoms with Crippen LogP contribution in [0, 0.1) is 0 Å². The SMILES string of the molecule is NC(c1csnn1)c1occc1Br. The van der Waals surface area contributed by atoms with E-state index in [1.54, 1.807) is 17.7 Å². The van der Waals surface area contributed by atoms with Gasteiger partial charge in [-0.05, 0) is 33.5 Å². The third kappa shape index (κ3) is 1.65. The van der Waals surface area contributed by atoms with Crippen molar-refractivity contribution in [2.75, 3.05) is 0 Å². The first-order valence-electron chi connectivity index (χ1n) is 3.54. The number of furan rings is 1. The number of rotatable bonds is 2. The van der Waals surface area contributed by atoms with Gasteiger partial charge in [-0.2, -0.15) is 0 Å². The quantitative estimate of drug-likeness (QED) is 0.896. The second kappa shape index (κ2) is 3.57. The minimum Gasteiger partial charge on any atom is -0.466 e. The van der Waals surface area contributed by atoms with Crippen molar-refractivity contribution in [1.29, 1.82) is 0 Å². The minimum absolute atomic E-state index is 0.344. The molecular formula is C7H6BrN3OS. The summed E-state index contributed by atoms with van der Waals surface area (Å²) in [6.07, 6.45) is 1.58. The summed E-state index contributed by atoms with van der Waals surface area (Å²) in [5.41, 5.74) is 6.61. The molecule has 0 radical (unpaired) electrons. The number of nitrogens with two attached hydrogens (primary N) is 1. The molecule has 68 valence electrons. The van der Waals surface area contributed by atoms with E-state index < -0.39 is 0 Å². The second-order valence-corrected chi connectivity index (χ2v) is 3.90. The molecule has 0 spiro atoms. The third-order valence-electron chi connectivity index (χ3n) is 1.62. The molecule has 6 heteroatoms. The number of nitrogens with zero attached hydrogens (tertiary/aromatic N) is 2. The molecule has 2 heterocycles. The molecule has 13 heavy (non-hydrogen) atoms. The molecule has 0 aliphatic rings. The van der Waals surface area contributed by atoms with Gasteiger partial charge in [0.05, 0.1) is 10.7 Å². The highest BCUT2D eigenvalue weighted by Crippen LogP contribution is 2.26. The average molecular weight is 260 g/mol. The van der Waals surface area contributed by atoms with Crippen LogP contribution in [0.15, 0.2) is 26.6 Å². The van der Waals surface area contributed by atoms with E-state index in [1.807, 2.05) is 0 Å². The van der Waals surface area contributed by atoms with Crippen molar-refractivity contribution < 1.29 is 4.42 Å². The lowest BCUT2D eigenvalue weighted by atomic mass is 10.2. The van der Waals surface area contributed by atoms with E-state index in [9.17, 15) is 0 Å². The molecule has 0 fully saturated rings. The Hall–Kier alpha value is -0.720. The zero-order valence-electron chi connectivity index (χ0n) is 6.48. The fourth-order valence-electron chi connectivity index (χ4n) is 0.969. The highest BCUT2D eigenvalue weighted by molar-refractivity contribution is 9.10. The Kier molecular flexibility index (Phi) is 2.43. The molecule has 0 bridgehead atoms. The van der Waals surface area contributed by atoms with Gasteiger partial charge < -0.3 is 10.2 Å². The van der Waals surface area contributed by atoms with Crippen LogP contribution in [0.1, 0.15) is 17.5 Å². The summed E-state index contributed by atoms with van der Waals surface area (Å²) < 4.78 is 9.81. The van der Waals surface area contributed by atoms with Gasteiger partial charge in [0, 0.05) is 5.38 Å². The molecule has 0 aromatic carbocycles. The summed E-state index contributed by atoms with van der Waals surface area (Å²) in [7, 11) is 0. The van der Waals surface area contributed by atoms with Crippen LogP contribution in [0.5, 0.6) is 0 Å². The predicted molar refractivity (Wildman–Crippen MR) is 52.3 cm³/mol. The van der Waals surface area contributed by atoms with Crippen molar-refractivity contribution in [3.05, 3.63) is 33.6 Å². The summed E-state index contributed by atoms with van der Waals surface area (Å²) in [5.74, 6) is 0.674. The molecule has 0 saturated heterocycles.